The lowest BCUT2D eigenvalue weighted by atomic mass is 9.84. The van der Waals surface area contributed by atoms with Crippen LogP contribution >= 0.6 is 23.8 Å². The lowest BCUT2D eigenvalue weighted by Crippen LogP contribution is -2.58. The third-order valence-corrected chi connectivity index (χ3v) is 5.05. The van der Waals surface area contributed by atoms with E-state index in [0.29, 0.717) is 22.6 Å². The number of hydrazone groups is 1. The first-order chi connectivity index (χ1) is 11.5. The maximum atomic E-state index is 10.9. The highest BCUT2D eigenvalue weighted by molar-refractivity contribution is 7.80. The van der Waals surface area contributed by atoms with Crippen molar-refractivity contribution in [1.82, 2.24) is 15.6 Å². The lowest BCUT2D eigenvalue weighted by Gasteiger charge is -2.45. The normalized spacial score (nSPS) is 25.6. The molecule has 1 atom stereocenters. The number of nitro groups is 1. The van der Waals surface area contributed by atoms with Gasteiger partial charge in [-0.2, -0.15) is 5.10 Å². The Labute approximate surface area is 150 Å². The molecule has 0 amide bonds. The van der Waals surface area contributed by atoms with Gasteiger partial charge in [0, 0.05) is 24.2 Å². The van der Waals surface area contributed by atoms with E-state index < -0.39 is 4.92 Å². The standard InChI is InChI=1S/C15H18ClN5O2S/c16-12-2-1-10(7-14(12)21(22)23)8-17-19-15(24)18-13-9-20-5-3-11(13)4-6-20/h1-2,7-8,11,13H,3-6,9H2,(H2,18,19,24)/b17-8-. The van der Waals surface area contributed by atoms with Crippen molar-refractivity contribution in [3.8, 4) is 0 Å². The van der Waals surface area contributed by atoms with Gasteiger partial charge in [0.15, 0.2) is 5.11 Å². The van der Waals surface area contributed by atoms with E-state index in [0.717, 1.165) is 6.54 Å². The number of thiocarbonyl (C=S) groups is 1. The van der Waals surface area contributed by atoms with Crippen LogP contribution in [0.3, 0.4) is 0 Å². The van der Waals surface area contributed by atoms with E-state index >= 15 is 0 Å². The monoisotopic (exact) mass is 367 g/mol. The summed E-state index contributed by atoms with van der Waals surface area (Å²) < 4.78 is 0. The van der Waals surface area contributed by atoms with Crippen LogP contribution in [-0.4, -0.2) is 46.8 Å². The molecule has 3 aliphatic rings. The number of fused-ring (bicyclic) bond motifs is 3. The molecule has 0 aromatic heterocycles. The number of nitrogens with one attached hydrogen (secondary N) is 2. The zero-order chi connectivity index (χ0) is 17.1. The van der Waals surface area contributed by atoms with Crippen molar-refractivity contribution in [2.24, 2.45) is 11.0 Å². The third-order valence-electron chi connectivity index (χ3n) is 4.52. The van der Waals surface area contributed by atoms with Crippen molar-refractivity contribution in [3.05, 3.63) is 38.9 Å². The summed E-state index contributed by atoms with van der Waals surface area (Å²) in [6, 6.07) is 4.87. The molecule has 24 heavy (non-hydrogen) atoms. The summed E-state index contributed by atoms with van der Waals surface area (Å²) in [4.78, 5) is 12.8. The average molecular weight is 368 g/mol. The Bertz CT molecular complexity index is 676. The fourth-order valence-electron chi connectivity index (χ4n) is 3.24. The fourth-order valence-corrected chi connectivity index (χ4v) is 3.64. The predicted octanol–water partition coefficient (Wildman–Crippen LogP) is 2.14. The van der Waals surface area contributed by atoms with E-state index in [1.807, 2.05) is 0 Å². The van der Waals surface area contributed by atoms with Gasteiger partial charge in [-0.1, -0.05) is 17.7 Å². The highest BCUT2D eigenvalue weighted by Gasteiger charge is 2.34. The summed E-state index contributed by atoms with van der Waals surface area (Å²) in [5.74, 6) is 0.664. The van der Waals surface area contributed by atoms with Gasteiger partial charge in [0.05, 0.1) is 11.1 Å². The highest BCUT2D eigenvalue weighted by Crippen LogP contribution is 2.27. The number of benzene rings is 1. The van der Waals surface area contributed by atoms with Gasteiger partial charge in [-0.05, 0) is 50.1 Å². The Morgan fingerprint density at radius 2 is 2.21 bits per heavy atom. The van der Waals surface area contributed by atoms with Crippen molar-refractivity contribution in [2.45, 2.75) is 18.9 Å². The van der Waals surface area contributed by atoms with Crippen LogP contribution in [0.1, 0.15) is 18.4 Å². The zero-order valence-corrected chi connectivity index (χ0v) is 14.5. The second kappa shape index (κ2) is 7.42. The van der Waals surface area contributed by atoms with E-state index in [1.54, 1.807) is 6.07 Å². The van der Waals surface area contributed by atoms with Crippen LogP contribution in [0, 0.1) is 16.0 Å². The summed E-state index contributed by atoms with van der Waals surface area (Å²) in [6.07, 6.45) is 3.89. The molecule has 2 bridgehead atoms. The molecule has 3 heterocycles. The van der Waals surface area contributed by atoms with Crippen LogP contribution in [-0.2, 0) is 0 Å². The maximum absolute atomic E-state index is 10.9. The zero-order valence-electron chi connectivity index (χ0n) is 12.9. The van der Waals surface area contributed by atoms with E-state index in [2.05, 4.69) is 20.7 Å². The second-order valence-electron chi connectivity index (χ2n) is 6.06. The predicted molar refractivity (Wildman–Crippen MR) is 97.5 cm³/mol. The summed E-state index contributed by atoms with van der Waals surface area (Å²) in [5, 5.41) is 18.8. The lowest BCUT2D eigenvalue weighted by molar-refractivity contribution is -0.384. The topological polar surface area (TPSA) is 82.8 Å². The van der Waals surface area contributed by atoms with Crippen molar-refractivity contribution in [3.63, 3.8) is 0 Å². The smallest absolute Gasteiger partial charge is 0.288 e. The van der Waals surface area contributed by atoms with Crippen molar-refractivity contribution >= 4 is 40.8 Å². The quantitative estimate of drug-likeness (QED) is 0.367. The molecular formula is C15H18ClN5O2S. The van der Waals surface area contributed by atoms with Gasteiger partial charge in [0.2, 0.25) is 0 Å². The fraction of sp³-hybridized carbons (Fsp3) is 0.467. The van der Waals surface area contributed by atoms with Gasteiger partial charge in [-0.25, -0.2) is 0 Å². The van der Waals surface area contributed by atoms with Gasteiger partial charge < -0.3 is 10.2 Å². The molecule has 0 aliphatic carbocycles. The number of hydrogen-bond donors (Lipinski definition) is 2. The van der Waals surface area contributed by atoms with E-state index in [1.165, 1.54) is 44.3 Å². The summed E-state index contributed by atoms with van der Waals surface area (Å²) in [7, 11) is 0. The molecular weight excluding hydrogens is 350 g/mol. The molecule has 0 saturated carbocycles. The molecule has 3 fully saturated rings. The first-order valence-electron chi connectivity index (χ1n) is 7.79. The van der Waals surface area contributed by atoms with Crippen LogP contribution in [0.4, 0.5) is 5.69 Å². The van der Waals surface area contributed by atoms with Gasteiger partial charge >= 0.3 is 0 Å². The Morgan fingerprint density at radius 1 is 1.46 bits per heavy atom. The Kier molecular flexibility index (Phi) is 5.27. The maximum Gasteiger partial charge on any atom is 0.288 e. The van der Waals surface area contributed by atoms with E-state index in [4.69, 9.17) is 23.8 Å². The molecule has 1 aromatic rings. The van der Waals surface area contributed by atoms with Crippen LogP contribution in [0.25, 0.3) is 0 Å². The van der Waals surface area contributed by atoms with E-state index in [-0.39, 0.29) is 10.7 Å². The molecule has 1 aromatic carbocycles. The summed E-state index contributed by atoms with van der Waals surface area (Å²) in [6.45, 7) is 3.37. The van der Waals surface area contributed by atoms with Crippen molar-refractivity contribution in [2.75, 3.05) is 19.6 Å². The van der Waals surface area contributed by atoms with Crippen LogP contribution in [0.2, 0.25) is 5.02 Å². The number of nitro benzene ring substituents is 1. The number of hydrogen-bond acceptors (Lipinski definition) is 5. The molecule has 1 unspecified atom stereocenters. The molecule has 3 saturated heterocycles. The second-order valence-corrected chi connectivity index (χ2v) is 6.87. The van der Waals surface area contributed by atoms with Gasteiger partial charge in [0.25, 0.3) is 5.69 Å². The number of piperidine rings is 3. The summed E-state index contributed by atoms with van der Waals surface area (Å²) >= 11 is 11.0. The molecule has 9 heteroatoms. The Morgan fingerprint density at radius 3 is 2.83 bits per heavy atom. The minimum Gasteiger partial charge on any atom is -0.357 e. The summed E-state index contributed by atoms with van der Waals surface area (Å²) in [5.41, 5.74) is 3.20. The van der Waals surface area contributed by atoms with Crippen LogP contribution in [0.15, 0.2) is 23.3 Å². The molecule has 128 valence electrons. The molecule has 4 rings (SSSR count). The average Bonchev–Trinajstić information content (AvgIpc) is 2.57. The Hall–Kier alpha value is -1.77. The number of halogens is 1. The molecule has 2 N–H and O–H groups in total. The van der Waals surface area contributed by atoms with Crippen LogP contribution in [0.5, 0.6) is 0 Å². The first kappa shape index (κ1) is 17.1. The van der Waals surface area contributed by atoms with Gasteiger partial charge in [0.1, 0.15) is 5.02 Å². The molecule has 7 nitrogen and oxygen atoms in total. The number of rotatable bonds is 4. The molecule has 3 aliphatic heterocycles. The minimum absolute atomic E-state index is 0.102. The third kappa shape index (κ3) is 4.00. The SMILES string of the molecule is O=[N+]([O-])c1cc(/C=N\NC(=S)NC2CN3CCC2CC3)ccc1Cl. The van der Waals surface area contributed by atoms with E-state index in [9.17, 15) is 10.1 Å². The first-order valence-corrected chi connectivity index (χ1v) is 8.57. The van der Waals surface area contributed by atoms with Gasteiger partial charge in [-0.3, -0.25) is 15.5 Å². The van der Waals surface area contributed by atoms with Crippen LogP contribution < -0.4 is 10.7 Å². The number of nitrogens with zero attached hydrogens (tertiary/aromatic N) is 3. The van der Waals surface area contributed by atoms with Crippen molar-refractivity contribution < 1.29 is 4.92 Å². The van der Waals surface area contributed by atoms with Crippen molar-refractivity contribution in [1.29, 1.82) is 0 Å². The molecule has 0 spiro atoms. The highest BCUT2D eigenvalue weighted by atomic mass is 35.5. The Balaban J connectivity index is 1.53. The minimum atomic E-state index is -0.521. The van der Waals surface area contributed by atoms with Gasteiger partial charge in [-0.15, -0.1) is 0 Å². The molecule has 0 radical (unpaired) electrons. The largest absolute Gasteiger partial charge is 0.357 e.